The summed E-state index contributed by atoms with van der Waals surface area (Å²) in [5, 5.41) is 9.01. The number of hydrogen-bond donors (Lipinski definition) is 0. The van der Waals surface area contributed by atoms with Crippen molar-refractivity contribution in [3.8, 4) is 10.7 Å². The average Bonchev–Trinajstić information content (AvgIpc) is 3.32. The van der Waals surface area contributed by atoms with E-state index in [0.29, 0.717) is 6.04 Å². The minimum atomic E-state index is 0.504. The first-order chi connectivity index (χ1) is 11.2. The van der Waals surface area contributed by atoms with Crippen LogP contribution in [0, 0.1) is 4.77 Å². The number of rotatable bonds is 4. The largest absolute Gasteiger partial charge is 0.302 e. The highest BCUT2D eigenvalue weighted by Gasteiger charge is 2.27. The summed E-state index contributed by atoms with van der Waals surface area (Å²) >= 11 is 9.15. The van der Waals surface area contributed by atoms with Crippen LogP contribution >= 0.6 is 34.9 Å². The van der Waals surface area contributed by atoms with Gasteiger partial charge in [-0.3, -0.25) is 4.90 Å². The van der Waals surface area contributed by atoms with Gasteiger partial charge in [0.25, 0.3) is 0 Å². The molecule has 0 saturated carbocycles. The summed E-state index contributed by atoms with van der Waals surface area (Å²) in [7, 11) is 2.00. The predicted octanol–water partition coefficient (Wildman–Crippen LogP) is 4.54. The molecule has 7 heteroatoms. The molecular weight excluding hydrogens is 344 g/mol. The Hall–Kier alpha value is -1.28. The molecule has 0 N–H and O–H groups in total. The van der Waals surface area contributed by atoms with Crippen LogP contribution in [-0.4, -0.2) is 25.8 Å². The normalized spacial score (nSPS) is 18.7. The van der Waals surface area contributed by atoms with Gasteiger partial charge < -0.3 is 4.57 Å². The molecule has 0 amide bonds. The molecule has 4 nitrogen and oxygen atoms in total. The van der Waals surface area contributed by atoms with E-state index in [2.05, 4.69) is 39.9 Å². The Morgan fingerprint density at radius 2 is 2.09 bits per heavy atom. The first-order valence-electron chi connectivity index (χ1n) is 7.69. The summed E-state index contributed by atoms with van der Waals surface area (Å²) < 4.78 is 4.76. The Balaban J connectivity index is 1.62. The Morgan fingerprint density at radius 3 is 2.83 bits per heavy atom. The van der Waals surface area contributed by atoms with Gasteiger partial charge in [0.05, 0.1) is 11.5 Å². The fraction of sp³-hybridized carbons (Fsp3) is 0.375. The quantitative estimate of drug-likeness (QED) is 0.638. The topological polar surface area (TPSA) is 26.0 Å². The van der Waals surface area contributed by atoms with Gasteiger partial charge in [0, 0.05) is 24.5 Å². The molecule has 3 aromatic heterocycles. The van der Waals surface area contributed by atoms with Crippen molar-refractivity contribution in [3.05, 3.63) is 44.7 Å². The third kappa shape index (κ3) is 2.82. The van der Waals surface area contributed by atoms with E-state index in [1.165, 1.54) is 17.7 Å². The van der Waals surface area contributed by atoms with Crippen LogP contribution in [0.4, 0.5) is 0 Å². The molecule has 1 saturated heterocycles. The number of thiophene rings is 2. The number of aromatic nitrogens is 3. The van der Waals surface area contributed by atoms with Gasteiger partial charge in [0.1, 0.15) is 0 Å². The van der Waals surface area contributed by atoms with Crippen LogP contribution in [-0.2, 0) is 13.7 Å². The first kappa shape index (κ1) is 15.3. The lowest BCUT2D eigenvalue weighted by Gasteiger charge is -2.23. The second kappa shape index (κ2) is 6.32. The fourth-order valence-electron chi connectivity index (χ4n) is 3.17. The van der Waals surface area contributed by atoms with E-state index >= 15 is 0 Å². The average molecular weight is 363 g/mol. The molecule has 1 atom stereocenters. The van der Waals surface area contributed by atoms with Gasteiger partial charge in [0.15, 0.2) is 10.6 Å². The smallest absolute Gasteiger partial charge is 0.199 e. The van der Waals surface area contributed by atoms with E-state index in [9.17, 15) is 0 Å². The molecule has 1 aliphatic heterocycles. The molecule has 0 spiro atoms. The van der Waals surface area contributed by atoms with Crippen LogP contribution < -0.4 is 0 Å². The monoisotopic (exact) mass is 362 g/mol. The molecule has 120 valence electrons. The zero-order valence-corrected chi connectivity index (χ0v) is 15.3. The minimum Gasteiger partial charge on any atom is -0.302 e. The summed E-state index contributed by atoms with van der Waals surface area (Å²) in [4.78, 5) is 5.10. The van der Waals surface area contributed by atoms with Crippen molar-refractivity contribution in [1.82, 2.24) is 19.2 Å². The van der Waals surface area contributed by atoms with Crippen molar-refractivity contribution >= 4 is 34.9 Å². The third-order valence-electron chi connectivity index (χ3n) is 4.33. The maximum absolute atomic E-state index is 5.61. The van der Waals surface area contributed by atoms with Gasteiger partial charge in [-0.15, -0.1) is 27.8 Å². The van der Waals surface area contributed by atoms with Crippen LogP contribution in [0.2, 0.25) is 0 Å². The number of nitrogens with zero attached hydrogens (tertiary/aromatic N) is 4. The highest BCUT2D eigenvalue weighted by Crippen LogP contribution is 2.34. The van der Waals surface area contributed by atoms with E-state index in [0.717, 1.165) is 28.7 Å². The maximum Gasteiger partial charge on any atom is 0.199 e. The molecule has 0 aromatic carbocycles. The number of hydrogen-bond acceptors (Lipinski definition) is 5. The molecule has 0 bridgehead atoms. The van der Waals surface area contributed by atoms with Crippen LogP contribution in [0.25, 0.3) is 10.7 Å². The lowest BCUT2D eigenvalue weighted by atomic mass is 10.2. The van der Waals surface area contributed by atoms with E-state index in [1.54, 1.807) is 11.3 Å². The van der Waals surface area contributed by atoms with Crippen molar-refractivity contribution in [3.63, 3.8) is 0 Å². The molecule has 1 aliphatic rings. The van der Waals surface area contributed by atoms with Gasteiger partial charge in [-0.25, -0.2) is 4.68 Å². The third-order valence-corrected chi connectivity index (χ3v) is 6.66. The zero-order valence-electron chi connectivity index (χ0n) is 12.9. The van der Waals surface area contributed by atoms with Crippen LogP contribution in [0.5, 0.6) is 0 Å². The van der Waals surface area contributed by atoms with E-state index < -0.39 is 0 Å². The highest BCUT2D eigenvalue weighted by molar-refractivity contribution is 7.71. The summed E-state index contributed by atoms with van der Waals surface area (Å²) in [6.45, 7) is 1.87. The van der Waals surface area contributed by atoms with E-state index in [-0.39, 0.29) is 0 Å². The molecular formula is C16H18N4S3. The zero-order chi connectivity index (χ0) is 15.8. The second-order valence-electron chi connectivity index (χ2n) is 5.77. The molecule has 0 radical (unpaired) electrons. The van der Waals surface area contributed by atoms with Crippen molar-refractivity contribution in [2.24, 2.45) is 7.05 Å². The Morgan fingerprint density at radius 1 is 1.26 bits per heavy atom. The Bertz CT molecular complexity index is 829. The van der Waals surface area contributed by atoms with Crippen LogP contribution in [0.3, 0.4) is 0 Å². The molecule has 4 rings (SSSR count). The summed E-state index contributed by atoms with van der Waals surface area (Å²) in [6.07, 6.45) is 2.46. The lowest BCUT2D eigenvalue weighted by Crippen LogP contribution is -2.26. The fourth-order valence-corrected chi connectivity index (χ4v) is 5.00. The molecule has 1 unspecified atom stereocenters. The van der Waals surface area contributed by atoms with Crippen molar-refractivity contribution in [2.45, 2.75) is 25.6 Å². The summed E-state index contributed by atoms with van der Waals surface area (Å²) in [6, 6.07) is 9.02. The van der Waals surface area contributed by atoms with E-state index in [1.807, 2.05) is 27.6 Å². The molecule has 3 aromatic rings. The van der Waals surface area contributed by atoms with Gasteiger partial charge in [-0.2, -0.15) is 0 Å². The molecule has 4 heterocycles. The van der Waals surface area contributed by atoms with Gasteiger partial charge >= 0.3 is 0 Å². The van der Waals surface area contributed by atoms with E-state index in [4.69, 9.17) is 17.3 Å². The number of likely N-dealkylation sites (tertiary alicyclic amines) is 1. The van der Waals surface area contributed by atoms with Crippen molar-refractivity contribution in [2.75, 3.05) is 6.54 Å². The highest BCUT2D eigenvalue weighted by atomic mass is 32.1. The SMILES string of the molecule is Cn1c(-c2cccs2)nn(CN2CCCC2c2cccs2)c1=S. The van der Waals surface area contributed by atoms with Crippen LogP contribution in [0.15, 0.2) is 35.0 Å². The van der Waals surface area contributed by atoms with Crippen LogP contribution in [0.1, 0.15) is 23.8 Å². The minimum absolute atomic E-state index is 0.504. The van der Waals surface area contributed by atoms with Crippen molar-refractivity contribution in [1.29, 1.82) is 0 Å². The standard InChI is InChI=1S/C16H18N4S3/c1-18-15(14-7-4-10-23-14)17-20(16(18)21)11-19-8-2-5-12(19)13-6-3-9-22-13/h3-4,6-7,9-10,12H,2,5,8,11H2,1H3. The lowest BCUT2D eigenvalue weighted by molar-refractivity contribution is 0.192. The Kier molecular flexibility index (Phi) is 4.19. The maximum atomic E-state index is 5.61. The van der Waals surface area contributed by atoms with Crippen molar-refractivity contribution < 1.29 is 0 Å². The summed E-state index contributed by atoms with van der Waals surface area (Å²) in [5.41, 5.74) is 0. The van der Waals surface area contributed by atoms with Gasteiger partial charge in [-0.05, 0) is 48.0 Å². The predicted molar refractivity (Wildman–Crippen MR) is 98.3 cm³/mol. The Labute approximate surface area is 148 Å². The molecule has 0 aliphatic carbocycles. The first-order valence-corrected chi connectivity index (χ1v) is 9.86. The summed E-state index contributed by atoms with van der Waals surface area (Å²) in [5.74, 6) is 0.955. The van der Waals surface area contributed by atoms with Gasteiger partial charge in [-0.1, -0.05) is 12.1 Å². The second-order valence-corrected chi connectivity index (χ2v) is 8.06. The molecule has 23 heavy (non-hydrogen) atoms. The van der Waals surface area contributed by atoms with Gasteiger partial charge in [0.2, 0.25) is 0 Å². The molecule has 1 fully saturated rings.